The van der Waals surface area contributed by atoms with E-state index in [0.717, 1.165) is 22.9 Å². The molecule has 1 atom stereocenters. The Morgan fingerprint density at radius 3 is 2.28 bits per heavy atom. The molecule has 2 aromatic rings. The van der Waals surface area contributed by atoms with Crippen molar-refractivity contribution in [1.29, 1.82) is 0 Å². The summed E-state index contributed by atoms with van der Waals surface area (Å²) in [4.78, 5) is 34.8. The van der Waals surface area contributed by atoms with Crippen molar-refractivity contribution in [2.24, 2.45) is 0 Å². The first kappa shape index (κ1) is 17.5. The molecule has 5 nitrogen and oxygen atoms in total. The molecule has 0 bridgehead atoms. The lowest BCUT2D eigenvalue weighted by Crippen LogP contribution is -2.25. The van der Waals surface area contributed by atoms with Crippen molar-refractivity contribution in [2.45, 2.75) is 18.1 Å². The first-order valence-electron chi connectivity index (χ1n) is 7.64. The Hall–Kier alpha value is -2.31. The molecule has 0 aromatic heterocycles. The van der Waals surface area contributed by atoms with Crippen LogP contribution < -0.4 is 10.6 Å². The summed E-state index contributed by atoms with van der Waals surface area (Å²) in [6, 6.07) is 14.4. The molecule has 128 valence electrons. The summed E-state index contributed by atoms with van der Waals surface area (Å²) in [5.74, 6) is -0.373. The van der Waals surface area contributed by atoms with E-state index >= 15 is 0 Å². The van der Waals surface area contributed by atoms with Crippen LogP contribution in [-0.4, -0.2) is 22.3 Å². The predicted octanol–water partition coefficient (Wildman–Crippen LogP) is 3.42. The predicted molar refractivity (Wildman–Crippen MR) is 98.8 cm³/mol. The van der Waals surface area contributed by atoms with Crippen molar-refractivity contribution in [2.75, 3.05) is 5.32 Å². The maximum Gasteiger partial charge on any atom is 0.286 e. The van der Waals surface area contributed by atoms with Crippen molar-refractivity contribution in [3.05, 3.63) is 64.7 Å². The molecule has 0 radical (unpaired) electrons. The fourth-order valence-electron chi connectivity index (χ4n) is 2.46. The van der Waals surface area contributed by atoms with Crippen LogP contribution in [0, 0.1) is 0 Å². The highest BCUT2D eigenvalue weighted by atomic mass is 35.5. The molecule has 1 aliphatic rings. The molecule has 2 N–H and O–H groups in total. The molecule has 3 rings (SSSR count). The normalized spacial score (nSPS) is 16.6. The van der Waals surface area contributed by atoms with E-state index in [9.17, 15) is 14.4 Å². The number of benzene rings is 2. The lowest BCUT2D eigenvalue weighted by molar-refractivity contribution is -0.119. The molecule has 1 aliphatic heterocycles. The number of thioether (sulfide) groups is 1. The number of hydrogen-bond acceptors (Lipinski definition) is 4. The summed E-state index contributed by atoms with van der Waals surface area (Å²) in [6.45, 7) is 0. The van der Waals surface area contributed by atoms with E-state index in [0.29, 0.717) is 17.1 Å². The number of nitrogens with one attached hydrogen (secondary N) is 2. The second-order valence-electron chi connectivity index (χ2n) is 5.64. The molecule has 2 aromatic carbocycles. The summed E-state index contributed by atoms with van der Waals surface area (Å²) in [7, 11) is 0. The topological polar surface area (TPSA) is 75.3 Å². The average molecular weight is 375 g/mol. The lowest BCUT2D eigenvalue weighted by Gasteiger charge is -2.08. The smallest absolute Gasteiger partial charge is 0.286 e. The third-order valence-electron chi connectivity index (χ3n) is 3.70. The molecule has 1 fully saturated rings. The van der Waals surface area contributed by atoms with E-state index in [-0.39, 0.29) is 23.5 Å². The van der Waals surface area contributed by atoms with Crippen LogP contribution in [0.2, 0.25) is 5.02 Å². The van der Waals surface area contributed by atoms with Gasteiger partial charge in [-0.25, -0.2) is 0 Å². The summed E-state index contributed by atoms with van der Waals surface area (Å²) in [5.41, 5.74) is 2.49. The van der Waals surface area contributed by atoms with Gasteiger partial charge in [0.25, 0.3) is 5.24 Å². The Balaban J connectivity index is 1.55. The third kappa shape index (κ3) is 4.84. The van der Waals surface area contributed by atoms with Crippen LogP contribution in [0.5, 0.6) is 0 Å². The zero-order chi connectivity index (χ0) is 17.8. The summed E-state index contributed by atoms with van der Waals surface area (Å²) < 4.78 is 0. The molecule has 25 heavy (non-hydrogen) atoms. The van der Waals surface area contributed by atoms with Crippen molar-refractivity contribution < 1.29 is 14.4 Å². The van der Waals surface area contributed by atoms with Gasteiger partial charge in [-0.15, -0.1) is 0 Å². The second kappa shape index (κ2) is 7.72. The van der Waals surface area contributed by atoms with Crippen molar-refractivity contribution >= 4 is 46.1 Å². The van der Waals surface area contributed by atoms with Gasteiger partial charge in [0.2, 0.25) is 11.8 Å². The minimum Gasteiger partial charge on any atom is -0.326 e. The quantitative estimate of drug-likeness (QED) is 0.840. The number of amides is 3. The van der Waals surface area contributed by atoms with E-state index < -0.39 is 5.25 Å². The van der Waals surface area contributed by atoms with Gasteiger partial charge in [0.15, 0.2) is 0 Å². The summed E-state index contributed by atoms with van der Waals surface area (Å²) in [5, 5.41) is 5.04. The maximum atomic E-state index is 12.1. The number of anilines is 1. The largest absolute Gasteiger partial charge is 0.326 e. The zero-order valence-corrected chi connectivity index (χ0v) is 14.7. The van der Waals surface area contributed by atoms with Crippen LogP contribution in [0.25, 0.3) is 0 Å². The molecule has 3 amide bonds. The van der Waals surface area contributed by atoms with Crippen molar-refractivity contribution in [3.8, 4) is 0 Å². The maximum absolute atomic E-state index is 12.1. The standard InChI is InChI=1S/C18H15ClN2O3S/c19-13-5-1-12(2-6-13)10-16(22)20-14-7-3-11(4-8-14)9-15-17(23)21-18(24)25-15/h1-8,15H,9-10H2,(H,20,22)(H,21,23,24). The number of rotatable bonds is 5. The Bertz CT molecular complexity index is 806. The van der Waals surface area contributed by atoms with Crippen LogP contribution in [-0.2, 0) is 22.4 Å². The van der Waals surface area contributed by atoms with Gasteiger partial charge in [0, 0.05) is 10.7 Å². The van der Waals surface area contributed by atoms with E-state index in [1.807, 2.05) is 24.3 Å². The van der Waals surface area contributed by atoms with E-state index in [1.165, 1.54) is 0 Å². The first-order valence-corrected chi connectivity index (χ1v) is 8.90. The summed E-state index contributed by atoms with van der Waals surface area (Å²) in [6.07, 6.45) is 0.737. The number of hydrogen-bond donors (Lipinski definition) is 2. The number of halogens is 1. The number of imide groups is 1. The second-order valence-corrected chi connectivity index (χ2v) is 7.25. The Labute approximate surface area is 154 Å². The van der Waals surface area contributed by atoms with Crippen LogP contribution in [0.1, 0.15) is 11.1 Å². The number of carbonyl (C=O) groups is 3. The number of carbonyl (C=O) groups excluding carboxylic acids is 3. The SMILES string of the molecule is O=C(Cc1ccc(Cl)cc1)Nc1ccc(CC2SC(=O)NC2=O)cc1. The highest BCUT2D eigenvalue weighted by molar-refractivity contribution is 8.15. The molecule has 0 aliphatic carbocycles. The van der Waals surface area contributed by atoms with Gasteiger partial charge < -0.3 is 5.32 Å². The fraction of sp³-hybridized carbons (Fsp3) is 0.167. The van der Waals surface area contributed by atoms with Crippen molar-refractivity contribution in [1.82, 2.24) is 5.32 Å². The minimum absolute atomic E-state index is 0.119. The van der Waals surface area contributed by atoms with Crippen molar-refractivity contribution in [3.63, 3.8) is 0 Å². The first-order chi connectivity index (χ1) is 12.0. The van der Waals surface area contributed by atoms with E-state index in [2.05, 4.69) is 10.6 Å². The van der Waals surface area contributed by atoms with Crippen LogP contribution in [0.15, 0.2) is 48.5 Å². The molecular weight excluding hydrogens is 360 g/mol. The van der Waals surface area contributed by atoms with E-state index in [4.69, 9.17) is 11.6 Å². The highest BCUT2D eigenvalue weighted by Gasteiger charge is 2.31. The third-order valence-corrected chi connectivity index (χ3v) is 4.94. The average Bonchev–Trinajstić information content (AvgIpc) is 2.89. The molecule has 7 heteroatoms. The van der Waals surface area contributed by atoms with Gasteiger partial charge in [-0.3, -0.25) is 19.7 Å². The lowest BCUT2D eigenvalue weighted by atomic mass is 10.1. The molecule has 0 spiro atoms. The molecule has 1 heterocycles. The van der Waals surface area contributed by atoms with Crippen LogP contribution in [0.4, 0.5) is 10.5 Å². The van der Waals surface area contributed by atoms with Gasteiger partial charge >= 0.3 is 0 Å². The molecule has 1 unspecified atom stereocenters. The fourth-order valence-corrected chi connectivity index (χ4v) is 3.44. The highest BCUT2D eigenvalue weighted by Crippen LogP contribution is 2.23. The molecular formula is C18H15ClN2O3S. The Kier molecular flexibility index (Phi) is 5.40. The Morgan fingerprint density at radius 2 is 1.68 bits per heavy atom. The molecule has 0 saturated carbocycles. The van der Waals surface area contributed by atoms with E-state index in [1.54, 1.807) is 24.3 Å². The van der Waals surface area contributed by atoms with Gasteiger partial charge in [0.1, 0.15) is 0 Å². The van der Waals surface area contributed by atoms with Crippen LogP contribution in [0.3, 0.4) is 0 Å². The van der Waals surface area contributed by atoms with Gasteiger partial charge in [-0.1, -0.05) is 47.6 Å². The molecule has 1 saturated heterocycles. The zero-order valence-electron chi connectivity index (χ0n) is 13.1. The monoisotopic (exact) mass is 374 g/mol. The van der Waals surface area contributed by atoms with Gasteiger partial charge in [0.05, 0.1) is 11.7 Å². The Morgan fingerprint density at radius 1 is 1.04 bits per heavy atom. The minimum atomic E-state index is -0.391. The van der Waals surface area contributed by atoms with Gasteiger partial charge in [-0.2, -0.15) is 0 Å². The summed E-state index contributed by atoms with van der Waals surface area (Å²) >= 11 is 6.83. The van der Waals surface area contributed by atoms with Gasteiger partial charge in [-0.05, 0) is 41.8 Å². The van der Waals surface area contributed by atoms with Crippen LogP contribution >= 0.6 is 23.4 Å².